The average molecular weight is 440 g/mol. The maximum absolute atomic E-state index is 12.7. The number of hydrogen-bond donors (Lipinski definition) is 1. The van der Waals surface area contributed by atoms with E-state index in [1.165, 1.54) is 0 Å². The number of carbonyl (C=O) groups excluding carboxylic acids is 2. The Morgan fingerprint density at radius 3 is 2.24 bits per heavy atom. The number of ether oxygens (including phenoxy) is 3. The molecular weight excluding hydrogens is 414 g/mol. The fourth-order valence-electron chi connectivity index (χ4n) is 2.35. The molecule has 0 atom stereocenters. The van der Waals surface area contributed by atoms with E-state index in [9.17, 15) is 9.59 Å². The van der Waals surface area contributed by atoms with Crippen LogP contribution in [0.1, 0.15) is 51.2 Å². The number of thiophene rings is 1. The first-order valence-corrected chi connectivity index (χ1v) is 10.2. The molecule has 158 valence electrons. The molecule has 0 aliphatic carbocycles. The Kier molecular flexibility index (Phi) is 6.86. The fraction of sp³-hybridized carbons (Fsp3) is 0.429. The first kappa shape index (κ1) is 23.0. The van der Waals surface area contributed by atoms with Gasteiger partial charge in [-0.25, -0.2) is 9.59 Å². The Morgan fingerprint density at radius 1 is 1.07 bits per heavy atom. The number of rotatable bonds is 5. The standard InChI is InChI=1S/C21H26ClNO5S/c1-20(2,3)27-14(24)11-26-16-15(22)17(12-8-7-9-13(23)10-12)29-18(16)19(25)28-21(4,5)6/h7-10H,11,23H2,1-6H3. The minimum Gasteiger partial charge on any atom is -0.479 e. The van der Waals surface area contributed by atoms with E-state index in [1.54, 1.807) is 59.7 Å². The molecule has 0 aliphatic heterocycles. The first-order chi connectivity index (χ1) is 13.3. The van der Waals surface area contributed by atoms with Crippen LogP contribution in [-0.2, 0) is 14.3 Å². The van der Waals surface area contributed by atoms with Gasteiger partial charge in [0.2, 0.25) is 0 Å². The van der Waals surface area contributed by atoms with Gasteiger partial charge in [0, 0.05) is 5.69 Å². The maximum atomic E-state index is 12.7. The molecule has 0 unspecified atom stereocenters. The molecule has 8 heteroatoms. The number of nitrogen functional groups attached to an aromatic ring is 1. The zero-order chi connectivity index (χ0) is 22.0. The molecule has 0 aliphatic rings. The van der Waals surface area contributed by atoms with Crippen LogP contribution in [0.15, 0.2) is 24.3 Å². The van der Waals surface area contributed by atoms with Crippen molar-refractivity contribution in [3.8, 4) is 16.2 Å². The summed E-state index contributed by atoms with van der Waals surface area (Å²) in [5, 5.41) is 0.213. The number of carbonyl (C=O) groups is 2. The second-order valence-corrected chi connectivity index (χ2v) is 9.80. The van der Waals surface area contributed by atoms with E-state index in [1.807, 2.05) is 6.07 Å². The summed E-state index contributed by atoms with van der Waals surface area (Å²) in [5.41, 5.74) is 5.80. The van der Waals surface area contributed by atoms with Crippen LogP contribution in [0.4, 0.5) is 5.69 Å². The van der Waals surface area contributed by atoms with Gasteiger partial charge in [-0.05, 0) is 59.2 Å². The molecule has 0 bridgehead atoms. The van der Waals surface area contributed by atoms with Crippen LogP contribution in [0, 0.1) is 0 Å². The molecule has 0 radical (unpaired) electrons. The quantitative estimate of drug-likeness (QED) is 0.500. The van der Waals surface area contributed by atoms with Gasteiger partial charge in [-0.15, -0.1) is 11.3 Å². The minimum absolute atomic E-state index is 0.0919. The second-order valence-electron chi connectivity index (χ2n) is 8.41. The first-order valence-electron chi connectivity index (χ1n) is 9.03. The van der Waals surface area contributed by atoms with Crippen molar-refractivity contribution in [3.63, 3.8) is 0 Å². The average Bonchev–Trinajstić information content (AvgIpc) is 2.86. The lowest BCUT2D eigenvalue weighted by atomic mass is 10.1. The van der Waals surface area contributed by atoms with Crippen molar-refractivity contribution in [2.24, 2.45) is 0 Å². The van der Waals surface area contributed by atoms with Crippen LogP contribution in [0.2, 0.25) is 5.02 Å². The summed E-state index contributed by atoms with van der Waals surface area (Å²) in [5.74, 6) is -1.06. The largest absolute Gasteiger partial charge is 0.479 e. The van der Waals surface area contributed by atoms with Gasteiger partial charge in [0.1, 0.15) is 16.2 Å². The van der Waals surface area contributed by atoms with Gasteiger partial charge >= 0.3 is 11.9 Å². The highest BCUT2D eigenvalue weighted by Gasteiger charge is 2.29. The van der Waals surface area contributed by atoms with Gasteiger partial charge in [-0.3, -0.25) is 0 Å². The molecule has 0 saturated carbocycles. The Labute approximate surface area is 179 Å². The highest BCUT2D eigenvalue weighted by atomic mass is 35.5. The molecule has 2 rings (SSSR count). The molecule has 1 aromatic carbocycles. The van der Waals surface area contributed by atoms with Gasteiger partial charge in [0.05, 0.1) is 4.88 Å². The van der Waals surface area contributed by atoms with Crippen LogP contribution in [0.3, 0.4) is 0 Å². The van der Waals surface area contributed by atoms with Crippen molar-refractivity contribution >= 4 is 40.6 Å². The highest BCUT2D eigenvalue weighted by Crippen LogP contribution is 2.46. The summed E-state index contributed by atoms with van der Waals surface area (Å²) in [6.07, 6.45) is 0. The van der Waals surface area contributed by atoms with Crippen LogP contribution >= 0.6 is 22.9 Å². The third-order valence-corrected chi connectivity index (χ3v) is 4.97. The van der Waals surface area contributed by atoms with Crippen molar-refractivity contribution in [1.82, 2.24) is 0 Å². The number of hydrogen-bond acceptors (Lipinski definition) is 7. The maximum Gasteiger partial charge on any atom is 0.352 e. The predicted molar refractivity (Wildman–Crippen MR) is 116 cm³/mol. The van der Waals surface area contributed by atoms with Crippen molar-refractivity contribution in [1.29, 1.82) is 0 Å². The molecular formula is C21H26ClNO5S. The van der Waals surface area contributed by atoms with Gasteiger partial charge < -0.3 is 19.9 Å². The van der Waals surface area contributed by atoms with Crippen molar-refractivity contribution < 1.29 is 23.8 Å². The summed E-state index contributed by atoms with van der Waals surface area (Å²) in [6, 6.07) is 7.10. The molecule has 0 fully saturated rings. The van der Waals surface area contributed by atoms with Crippen molar-refractivity contribution in [2.45, 2.75) is 52.7 Å². The molecule has 1 heterocycles. The molecule has 6 nitrogen and oxygen atoms in total. The van der Waals surface area contributed by atoms with Gasteiger partial charge in [0.25, 0.3) is 0 Å². The van der Waals surface area contributed by atoms with Crippen molar-refractivity contribution in [3.05, 3.63) is 34.2 Å². The third kappa shape index (κ3) is 6.65. The topological polar surface area (TPSA) is 87.8 Å². The van der Waals surface area contributed by atoms with Crippen LogP contribution in [-0.4, -0.2) is 29.7 Å². The highest BCUT2D eigenvalue weighted by molar-refractivity contribution is 7.18. The van der Waals surface area contributed by atoms with E-state index in [2.05, 4.69) is 0 Å². The minimum atomic E-state index is -0.701. The second kappa shape index (κ2) is 8.63. The van der Waals surface area contributed by atoms with E-state index < -0.39 is 23.1 Å². The lowest BCUT2D eigenvalue weighted by Gasteiger charge is -2.20. The summed E-state index contributed by atoms with van der Waals surface area (Å²) in [7, 11) is 0. The zero-order valence-corrected chi connectivity index (χ0v) is 19.0. The predicted octanol–water partition coefficient (Wildman–Crippen LogP) is 5.33. The summed E-state index contributed by atoms with van der Waals surface area (Å²) in [4.78, 5) is 25.6. The van der Waals surface area contributed by atoms with E-state index in [0.29, 0.717) is 10.6 Å². The monoisotopic (exact) mass is 439 g/mol. The number of anilines is 1. The van der Waals surface area contributed by atoms with Gasteiger partial charge in [-0.2, -0.15) is 0 Å². The fourth-order valence-corrected chi connectivity index (χ4v) is 3.79. The molecule has 0 saturated heterocycles. The smallest absolute Gasteiger partial charge is 0.352 e. The van der Waals surface area contributed by atoms with Gasteiger partial charge in [0.15, 0.2) is 17.2 Å². The molecule has 1 aromatic heterocycles. The molecule has 0 spiro atoms. The van der Waals surface area contributed by atoms with Crippen LogP contribution in [0.25, 0.3) is 10.4 Å². The number of esters is 2. The van der Waals surface area contributed by atoms with Gasteiger partial charge in [-0.1, -0.05) is 23.7 Å². The Balaban J connectivity index is 2.41. The van der Waals surface area contributed by atoms with E-state index >= 15 is 0 Å². The Hall–Kier alpha value is -2.25. The SMILES string of the molecule is CC(C)(C)OC(=O)COc1c(C(=O)OC(C)(C)C)sc(-c2cccc(N)c2)c1Cl. The zero-order valence-electron chi connectivity index (χ0n) is 17.4. The summed E-state index contributed by atoms with van der Waals surface area (Å²) in [6.45, 7) is 10.2. The number of benzene rings is 1. The van der Waals surface area contributed by atoms with E-state index in [0.717, 1.165) is 16.9 Å². The number of halogens is 1. The Morgan fingerprint density at radius 2 is 1.69 bits per heavy atom. The Bertz CT molecular complexity index is 909. The normalized spacial score (nSPS) is 11.8. The summed E-state index contributed by atoms with van der Waals surface area (Å²) >= 11 is 7.66. The molecule has 29 heavy (non-hydrogen) atoms. The van der Waals surface area contributed by atoms with E-state index in [-0.39, 0.29) is 22.3 Å². The van der Waals surface area contributed by atoms with E-state index in [4.69, 9.17) is 31.5 Å². The van der Waals surface area contributed by atoms with Crippen LogP contribution in [0.5, 0.6) is 5.75 Å². The van der Waals surface area contributed by atoms with Crippen LogP contribution < -0.4 is 10.5 Å². The lowest BCUT2D eigenvalue weighted by Crippen LogP contribution is -2.28. The van der Waals surface area contributed by atoms with Crippen molar-refractivity contribution in [2.75, 3.05) is 12.3 Å². The third-order valence-electron chi connectivity index (χ3n) is 3.30. The molecule has 2 aromatic rings. The lowest BCUT2D eigenvalue weighted by molar-refractivity contribution is -0.157. The molecule has 0 amide bonds. The molecule has 2 N–H and O–H groups in total. The number of nitrogens with two attached hydrogens (primary N) is 1. The summed E-state index contributed by atoms with van der Waals surface area (Å²) < 4.78 is 16.3.